The molecule has 0 atom stereocenters. The van der Waals surface area contributed by atoms with Gasteiger partial charge in [0.1, 0.15) is 0 Å². The minimum absolute atomic E-state index is 0.0990. The molecule has 0 unspecified atom stereocenters. The lowest BCUT2D eigenvalue weighted by molar-refractivity contribution is -0.116. The number of nitrogens with one attached hydrogen (secondary N) is 1. The van der Waals surface area contributed by atoms with E-state index in [9.17, 15) is 13.2 Å². The van der Waals surface area contributed by atoms with Crippen LogP contribution in [0.2, 0.25) is 5.02 Å². The van der Waals surface area contributed by atoms with E-state index in [1.807, 2.05) is 19.9 Å². The lowest BCUT2D eigenvalue weighted by Crippen LogP contribution is -2.37. The Hall–Kier alpha value is -1.89. The van der Waals surface area contributed by atoms with Crippen molar-refractivity contribution in [1.82, 2.24) is 4.72 Å². The van der Waals surface area contributed by atoms with Crippen molar-refractivity contribution >= 4 is 33.2 Å². The first-order valence-electron chi connectivity index (χ1n) is 7.81. The van der Waals surface area contributed by atoms with Crippen molar-refractivity contribution in [2.75, 3.05) is 18.0 Å². The van der Waals surface area contributed by atoms with E-state index in [4.69, 9.17) is 11.6 Å². The van der Waals surface area contributed by atoms with E-state index in [1.165, 1.54) is 11.8 Å². The van der Waals surface area contributed by atoms with E-state index < -0.39 is 10.0 Å². The van der Waals surface area contributed by atoms with Crippen LogP contribution in [0.15, 0.2) is 47.4 Å². The fourth-order valence-corrected chi connectivity index (χ4v) is 3.60. The molecule has 0 saturated carbocycles. The van der Waals surface area contributed by atoms with Gasteiger partial charge in [-0.05, 0) is 43.7 Å². The summed E-state index contributed by atoms with van der Waals surface area (Å²) >= 11 is 6.02. The third-order valence-corrected chi connectivity index (χ3v) is 5.51. The first-order chi connectivity index (χ1) is 11.7. The molecule has 25 heavy (non-hydrogen) atoms. The Kier molecular flexibility index (Phi) is 6.21. The Labute approximate surface area is 153 Å². The van der Waals surface area contributed by atoms with Gasteiger partial charge in [-0.3, -0.25) is 4.79 Å². The molecule has 2 rings (SSSR count). The van der Waals surface area contributed by atoms with Gasteiger partial charge < -0.3 is 4.90 Å². The van der Waals surface area contributed by atoms with Crippen molar-refractivity contribution < 1.29 is 13.2 Å². The summed E-state index contributed by atoms with van der Waals surface area (Å²) in [5.41, 5.74) is 2.55. The third kappa shape index (κ3) is 5.04. The predicted octanol–water partition coefficient (Wildman–Crippen LogP) is 3.29. The van der Waals surface area contributed by atoms with Crippen LogP contribution >= 0.6 is 11.6 Å². The van der Waals surface area contributed by atoms with Crippen LogP contribution in [-0.4, -0.2) is 27.4 Å². The fraction of sp³-hybridized carbons (Fsp3) is 0.278. The molecule has 0 radical (unpaired) electrons. The first kappa shape index (κ1) is 19.4. The van der Waals surface area contributed by atoms with Crippen LogP contribution in [-0.2, 0) is 14.8 Å². The zero-order valence-corrected chi connectivity index (χ0v) is 16.0. The molecule has 0 fully saturated rings. The quantitative estimate of drug-likeness (QED) is 0.836. The SMILES string of the molecule is CC(=O)N(CCNS(=O)(=O)c1ccc(C)cc1)c1cc(Cl)ccc1C. The van der Waals surface area contributed by atoms with E-state index in [2.05, 4.69) is 4.72 Å². The second-order valence-corrected chi connectivity index (χ2v) is 8.02. The molecule has 0 aliphatic heterocycles. The van der Waals surface area contributed by atoms with Crippen molar-refractivity contribution in [3.8, 4) is 0 Å². The zero-order valence-electron chi connectivity index (χ0n) is 14.4. The highest BCUT2D eigenvalue weighted by atomic mass is 35.5. The molecule has 1 N–H and O–H groups in total. The standard InChI is InChI=1S/C18H21ClN2O3S/c1-13-4-8-17(9-5-13)25(23,24)20-10-11-21(15(3)22)18-12-16(19)7-6-14(18)2/h4-9,12,20H,10-11H2,1-3H3. The minimum Gasteiger partial charge on any atom is -0.311 e. The number of amides is 1. The lowest BCUT2D eigenvalue weighted by atomic mass is 10.2. The molecular formula is C18H21ClN2O3S. The molecule has 0 aliphatic carbocycles. The van der Waals surface area contributed by atoms with Crippen molar-refractivity contribution in [3.05, 3.63) is 58.6 Å². The highest BCUT2D eigenvalue weighted by Gasteiger charge is 2.17. The molecular weight excluding hydrogens is 360 g/mol. The molecule has 0 aliphatic rings. The number of nitrogens with zero attached hydrogens (tertiary/aromatic N) is 1. The maximum absolute atomic E-state index is 12.3. The summed E-state index contributed by atoms with van der Waals surface area (Å²) < 4.78 is 27.2. The highest BCUT2D eigenvalue weighted by molar-refractivity contribution is 7.89. The maximum Gasteiger partial charge on any atom is 0.240 e. The van der Waals surface area contributed by atoms with Gasteiger partial charge in [0.05, 0.1) is 4.90 Å². The summed E-state index contributed by atoms with van der Waals surface area (Å²) in [6.07, 6.45) is 0. The molecule has 0 saturated heterocycles. The molecule has 2 aromatic rings. The molecule has 0 bridgehead atoms. The number of carbonyl (C=O) groups excluding carboxylic acids is 1. The first-order valence-corrected chi connectivity index (χ1v) is 9.67. The number of benzene rings is 2. The largest absolute Gasteiger partial charge is 0.311 e. The summed E-state index contributed by atoms with van der Waals surface area (Å²) in [4.78, 5) is 13.7. The van der Waals surface area contributed by atoms with E-state index >= 15 is 0 Å². The summed E-state index contributed by atoms with van der Waals surface area (Å²) in [5, 5.41) is 0.520. The van der Waals surface area contributed by atoms with E-state index in [-0.39, 0.29) is 23.9 Å². The molecule has 2 aromatic carbocycles. The van der Waals surface area contributed by atoms with Crippen LogP contribution in [0.1, 0.15) is 18.1 Å². The van der Waals surface area contributed by atoms with Gasteiger partial charge in [0.2, 0.25) is 15.9 Å². The average molecular weight is 381 g/mol. The number of anilines is 1. The molecule has 134 valence electrons. The summed E-state index contributed by atoms with van der Waals surface area (Å²) in [6, 6.07) is 11.9. The topological polar surface area (TPSA) is 66.5 Å². The van der Waals surface area contributed by atoms with Crippen LogP contribution in [0.5, 0.6) is 0 Å². The number of aryl methyl sites for hydroxylation is 2. The number of rotatable bonds is 6. The van der Waals surface area contributed by atoms with Crippen LogP contribution in [0, 0.1) is 13.8 Å². The molecule has 0 spiro atoms. The lowest BCUT2D eigenvalue weighted by Gasteiger charge is -2.23. The maximum atomic E-state index is 12.3. The van der Waals surface area contributed by atoms with Gasteiger partial charge in [-0.15, -0.1) is 0 Å². The van der Waals surface area contributed by atoms with Gasteiger partial charge in [0, 0.05) is 30.7 Å². The van der Waals surface area contributed by atoms with Crippen molar-refractivity contribution in [3.63, 3.8) is 0 Å². The van der Waals surface area contributed by atoms with Crippen LogP contribution < -0.4 is 9.62 Å². The average Bonchev–Trinajstić information content (AvgIpc) is 2.54. The molecule has 0 heterocycles. The number of halogens is 1. The van der Waals surface area contributed by atoms with E-state index in [0.717, 1.165) is 11.1 Å². The Bertz CT molecular complexity index is 864. The molecule has 1 amide bonds. The summed E-state index contributed by atoms with van der Waals surface area (Å²) in [6.45, 7) is 5.51. The number of hydrogen-bond acceptors (Lipinski definition) is 3. The molecule has 0 aromatic heterocycles. The Morgan fingerprint density at radius 3 is 2.36 bits per heavy atom. The number of hydrogen-bond donors (Lipinski definition) is 1. The Morgan fingerprint density at radius 2 is 1.76 bits per heavy atom. The second kappa shape index (κ2) is 7.99. The van der Waals surface area contributed by atoms with Crippen molar-refractivity contribution in [1.29, 1.82) is 0 Å². The van der Waals surface area contributed by atoms with E-state index in [0.29, 0.717) is 10.7 Å². The van der Waals surface area contributed by atoms with Gasteiger partial charge in [-0.1, -0.05) is 35.4 Å². The smallest absolute Gasteiger partial charge is 0.240 e. The number of carbonyl (C=O) groups is 1. The van der Waals surface area contributed by atoms with Gasteiger partial charge in [0.15, 0.2) is 0 Å². The van der Waals surface area contributed by atoms with Gasteiger partial charge in [-0.2, -0.15) is 0 Å². The Morgan fingerprint density at radius 1 is 1.12 bits per heavy atom. The highest BCUT2D eigenvalue weighted by Crippen LogP contribution is 2.24. The van der Waals surface area contributed by atoms with E-state index in [1.54, 1.807) is 36.4 Å². The number of sulfonamides is 1. The summed E-state index contributed by atoms with van der Waals surface area (Å²) in [5.74, 6) is -0.181. The van der Waals surface area contributed by atoms with Crippen LogP contribution in [0.25, 0.3) is 0 Å². The second-order valence-electron chi connectivity index (χ2n) is 5.81. The monoisotopic (exact) mass is 380 g/mol. The van der Waals surface area contributed by atoms with Gasteiger partial charge in [-0.25, -0.2) is 13.1 Å². The summed E-state index contributed by atoms with van der Waals surface area (Å²) in [7, 11) is -3.61. The molecule has 7 heteroatoms. The zero-order chi connectivity index (χ0) is 18.6. The Balaban J connectivity index is 2.10. The normalized spacial score (nSPS) is 11.4. The molecule has 5 nitrogen and oxygen atoms in total. The van der Waals surface area contributed by atoms with Gasteiger partial charge >= 0.3 is 0 Å². The van der Waals surface area contributed by atoms with Crippen LogP contribution in [0.3, 0.4) is 0 Å². The van der Waals surface area contributed by atoms with Crippen molar-refractivity contribution in [2.45, 2.75) is 25.7 Å². The van der Waals surface area contributed by atoms with Crippen LogP contribution in [0.4, 0.5) is 5.69 Å². The predicted molar refractivity (Wildman–Crippen MR) is 101 cm³/mol. The third-order valence-electron chi connectivity index (χ3n) is 3.80. The van der Waals surface area contributed by atoms with Gasteiger partial charge in [0.25, 0.3) is 0 Å². The fourth-order valence-electron chi connectivity index (χ4n) is 2.41. The minimum atomic E-state index is -3.61. The van der Waals surface area contributed by atoms with Crippen molar-refractivity contribution in [2.24, 2.45) is 0 Å².